The number of methoxy groups -OCH3 is 1. The fourth-order valence-corrected chi connectivity index (χ4v) is 9.67. The average molecular weight is 770 g/mol. The third kappa shape index (κ3) is 7.25. The molecule has 2 aliphatic carbocycles. The summed E-state index contributed by atoms with van der Waals surface area (Å²) in [5.41, 5.74) is 5.95. The monoisotopic (exact) mass is 769 g/mol. The molecule has 3 N–H and O–H groups in total. The van der Waals surface area contributed by atoms with Crippen molar-refractivity contribution in [2.24, 2.45) is 17.3 Å². The van der Waals surface area contributed by atoms with E-state index in [0.29, 0.717) is 12.6 Å². The van der Waals surface area contributed by atoms with Crippen LogP contribution in [0, 0.1) is 17.3 Å². The standard InChI is InChI=1S/C46H55N7O4/c1-27(2)39(49-26-56-6)43(54)53-35-16-15-34(21-35)40(53)42-48-23-36(51-42)29-9-7-28(8-10-29)30-11-12-32-20-33(14-13-31(32)19-30)37-24-47-41(50-37)38-22-46(17-18-46)25-52(38)44(55)57-45(3,4)5/h7-14,19-20,23-24,27,34-35,38-40,49H,15-18,21-22,25-26H2,1-6H3,(H,47,50)(H,48,51)/t34-,35+,38-,39-,40-/m0/s1. The van der Waals surface area contributed by atoms with Gasteiger partial charge in [0.25, 0.3) is 0 Å². The van der Waals surface area contributed by atoms with E-state index in [9.17, 15) is 9.59 Å². The molecular formula is C46H55N7O4. The number of benzene rings is 3. The molecule has 2 saturated heterocycles. The van der Waals surface area contributed by atoms with Gasteiger partial charge in [-0.2, -0.15) is 0 Å². The zero-order chi connectivity index (χ0) is 39.6. The third-order valence-electron chi connectivity index (χ3n) is 12.8. The summed E-state index contributed by atoms with van der Waals surface area (Å²) in [6.07, 6.45) is 9.95. The van der Waals surface area contributed by atoms with Crippen LogP contribution in [0.15, 0.2) is 73.1 Å². The lowest BCUT2D eigenvalue weighted by molar-refractivity contribution is -0.140. The molecule has 298 valence electrons. The van der Waals surface area contributed by atoms with Crippen LogP contribution in [0.3, 0.4) is 0 Å². The molecule has 2 bridgehead atoms. The van der Waals surface area contributed by atoms with E-state index < -0.39 is 5.60 Å². The summed E-state index contributed by atoms with van der Waals surface area (Å²) in [6.45, 7) is 11.0. The maximum Gasteiger partial charge on any atom is 0.410 e. The number of likely N-dealkylation sites (tertiary alicyclic amines) is 2. The van der Waals surface area contributed by atoms with Gasteiger partial charge in [-0.3, -0.25) is 15.0 Å². The van der Waals surface area contributed by atoms with Crippen LogP contribution in [0.2, 0.25) is 0 Å². The SMILES string of the molecule is COCN[C@H](C(=O)N1[C@@H]2CC[C@@H](C2)[C@H]1c1ncc(-c2ccc(-c3ccc4cc(-c5cnc([C@@H]6CC7(CC7)CN6C(=O)OC(C)(C)C)[nH]5)ccc4c3)cc2)[nH]1)C(C)C. The maximum absolute atomic E-state index is 14.0. The van der Waals surface area contributed by atoms with E-state index in [4.69, 9.17) is 19.4 Å². The number of amides is 2. The number of carbonyl (C=O) groups excluding carboxylic acids is 2. The Kier molecular flexibility index (Phi) is 9.51. The number of H-pyrrole nitrogens is 2. The van der Waals surface area contributed by atoms with Crippen molar-refractivity contribution in [3.05, 3.63) is 84.7 Å². The minimum absolute atomic E-state index is 0.0417. The Morgan fingerprint density at radius 2 is 1.51 bits per heavy atom. The highest BCUT2D eigenvalue weighted by atomic mass is 16.6. The van der Waals surface area contributed by atoms with Gasteiger partial charge in [-0.15, -0.1) is 0 Å². The Morgan fingerprint density at radius 3 is 2.19 bits per heavy atom. The second-order valence-corrected chi connectivity index (χ2v) is 18.3. The molecule has 1 spiro atoms. The Morgan fingerprint density at radius 1 is 0.877 bits per heavy atom. The summed E-state index contributed by atoms with van der Waals surface area (Å²) in [5.74, 6) is 2.39. The number of nitrogens with zero attached hydrogens (tertiary/aromatic N) is 4. The van der Waals surface area contributed by atoms with Gasteiger partial charge < -0.3 is 24.3 Å². The Bertz CT molecular complexity index is 2280. The summed E-state index contributed by atoms with van der Waals surface area (Å²) >= 11 is 0. The van der Waals surface area contributed by atoms with Crippen LogP contribution in [-0.2, 0) is 14.3 Å². The lowest BCUT2D eigenvalue weighted by atomic mass is 9.95. The normalized spacial score (nSPS) is 22.9. The second-order valence-electron chi connectivity index (χ2n) is 18.3. The molecule has 57 heavy (non-hydrogen) atoms. The number of piperidine rings is 1. The van der Waals surface area contributed by atoms with Crippen molar-refractivity contribution in [3.63, 3.8) is 0 Å². The minimum atomic E-state index is -0.545. The van der Waals surface area contributed by atoms with Crippen molar-refractivity contribution in [2.45, 2.75) is 103 Å². The number of aromatic amines is 2. The first-order valence-electron chi connectivity index (χ1n) is 20.7. The van der Waals surface area contributed by atoms with Gasteiger partial charge in [-0.05, 0) is 116 Å². The Labute approximate surface area is 334 Å². The van der Waals surface area contributed by atoms with Crippen LogP contribution in [0.1, 0.15) is 96.9 Å². The molecule has 2 saturated carbocycles. The van der Waals surface area contributed by atoms with Crippen LogP contribution in [0.25, 0.3) is 44.4 Å². The van der Waals surface area contributed by atoms with E-state index >= 15 is 0 Å². The van der Waals surface area contributed by atoms with E-state index in [1.165, 1.54) is 0 Å². The lowest BCUT2D eigenvalue weighted by Crippen LogP contribution is -2.52. The molecule has 4 fully saturated rings. The number of imidazole rings is 2. The number of aromatic nitrogens is 4. The van der Waals surface area contributed by atoms with Crippen LogP contribution in [0.5, 0.6) is 0 Å². The summed E-state index contributed by atoms with van der Waals surface area (Å²) in [7, 11) is 1.64. The summed E-state index contributed by atoms with van der Waals surface area (Å²) in [6, 6.07) is 21.5. The van der Waals surface area contributed by atoms with Gasteiger partial charge in [-0.1, -0.05) is 62.4 Å². The fraction of sp³-hybridized carbons (Fsp3) is 0.478. The van der Waals surface area contributed by atoms with Gasteiger partial charge >= 0.3 is 6.09 Å². The minimum Gasteiger partial charge on any atom is -0.444 e. The predicted octanol–water partition coefficient (Wildman–Crippen LogP) is 9.02. The van der Waals surface area contributed by atoms with Crippen LogP contribution in [0.4, 0.5) is 4.79 Å². The van der Waals surface area contributed by atoms with Gasteiger partial charge in [0.05, 0.1) is 48.6 Å². The highest BCUT2D eigenvalue weighted by Gasteiger charge is 2.55. The van der Waals surface area contributed by atoms with E-state index in [1.807, 2.05) is 38.1 Å². The van der Waals surface area contributed by atoms with Crippen molar-refractivity contribution in [3.8, 4) is 33.6 Å². The maximum atomic E-state index is 14.0. The molecule has 4 aliphatic rings. The van der Waals surface area contributed by atoms with Gasteiger partial charge in [0.1, 0.15) is 17.2 Å². The highest BCUT2D eigenvalue weighted by Crippen LogP contribution is 2.58. The largest absolute Gasteiger partial charge is 0.444 e. The third-order valence-corrected chi connectivity index (χ3v) is 12.8. The highest BCUT2D eigenvalue weighted by molar-refractivity contribution is 5.90. The zero-order valence-corrected chi connectivity index (χ0v) is 34.0. The average Bonchev–Trinajstić information content (AvgIpc) is 3.81. The first-order chi connectivity index (χ1) is 27.4. The molecule has 2 aliphatic heterocycles. The van der Waals surface area contributed by atoms with Crippen molar-refractivity contribution in [1.29, 1.82) is 0 Å². The van der Waals surface area contributed by atoms with Crippen LogP contribution in [-0.4, -0.2) is 79.8 Å². The number of hydrogen-bond acceptors (Lipinski definition) is 7. The van der Waals surface area contributed by atoms with Crippen LogP contribution >= 0.6 is 0 Å². The molecule has 2 amide bonds. The molecule has 0 unspecified atom stereocenters. The molecule has 5 aromatic rings. The molecule has 4 heterocycles. The number of ether oxygens (including phenoxy) is 2. The van der Waals surface area contributed by atoms with Crippen molar-refractivity contribution < 1.29 is 19.1 Å². The van der Waals surface area contributed by atoms with E-state index in [0.717, 1.165) is 101 Å². The first-order valence-corrected chi connectivity index (χ1v) is 20.7. The van der Waals surface area contributed by atoms with Gasteiger partial charge in [-0.25, -0.2) is 14.8 Å². The zero-order valence-electron chi connectivity index (χ0n) is 34.0. The molecule has 11 heteroatoms. The first kappa shape index (κ1) is 37.6. The molecular weight excluding hydrogens is 715 g/mol. The van der Waals surface area contributed by atoms with Gasteiger partial charge in [0.15, 0.2) is 0 Å². The topological polar surface area (TPSA) is 128 Å². The second kappa shape index (κ2) is 14.4. The number of rotatable bonds is 10. The van der Waals surface area contributed by atoms with Crippen molar-refractivity contribution in [2.75, 3.05) is 20.4 Å². The summed E-state index contributed by atoms with van der Waals surface area (Å²) < 4.78 is 11.0. The summed E-state index contributed by atoms with van der Waals surface area (Å²) in [5, 5.41) is 5.61. The molecule has 5 atom stereocenters. The quantitative estimate of drug-likeness (QED) is 0.121. The van der Waals surface area contributed by atoms with E-state index in [2.05, 4.69) is 94.7 Å². The molecule has 3 aromatic carbocycles. The number of nitrogens with one attached hydrogen (secondary N) is 3. The Balaban J connectivity index is 0.895. The smallest absolute Gasteiger partial charge is 0.410 e. The number of hydrogen-bond donors (Lipinski definition) is 3. The van der Waals surface area contributed by atoms with Gasteiger partial charge in [0, 0.05) is 25.3 Å². The van der Waals surface area contributed by atoms with E-state index in [1.54, 1.807) is 7.11 Å². The predicted molar refractivity (Wildman–Crippen MR) is 221 cm³/mol. The van der Waals surface area contributed by atoms with Crippen molar-refractivity contribution in [1.82, 2.24) is 35.1 Å². The molecule has 2 aromatic heterocycles. The van der Waals surface area contributed by atoms with E-state index in [-0.39, 0.29) is 47.5 Å². The van der Waals surface area contributed by atoms with Crippen LogP contribution < -0.4 is 5.32 Å². The molecule has 11 nitrogen and oxygen atoms in total. The molecule has 0 radical (unpaired) electrons. The number of fused-ring (bicyclic) bond motifs is 3. The molecule has 9 rings (SSSR count). The lowest BCUT2D eigenvalue weighted by Gasteiger charge is -2.37. The van der Waals surface area contributed by atoms with Gasteiger partial charge in [0.2, 0.25) is 5.91 Å². The number of carbonyl (C=O) groups is 2. The fourth-order valence-electron chi connectivity index (χ4n) is 9.67. The Hall–Kier alpha value is -5.00. The van der Waals surface area contributed by atoms with Crippen molar-refractivity contribution >= 4 is 22.8 Å². The summed E-state index contributed by atoms with van der Waals surface area (Å²) in [4.78, 5) is 48.0.